The van der Waals surface area contributed by atoms with E-state index in [-0.39, 0.29) is 11.8 Å². The maximum absolute atomic E-state index is 12.4. The molecule has 1 aliphatic carbocycles. The first-order valence-corrected chi connectivity index (χ1v) is 10.1. The molecule has 3 aliphatic heterocycles. The van der Waals surface area contributed by atoms with Crippen LogP contribution in [0.25, 0.3) is 0 Å². The summed E-state index contributed by atoms with van der Waals surface area (Å²) in [6, 6.07) is 0.331. The molecule has 4 aliphatic rings. The molecule has 2 saturated heterocycles. The van der Waals surface area contributed by atoms with E-state index in [2.05, 4.69) is 10.6 Å². The van der Waals surface area contributed by atoms with Crippen molar-refractivity contribution in [3.05, 3.63) is 23.9 Å². The molecular formula is C18H24N4O2S. The van der Waals surface area contributed by atoms with Gasteiger partial charge in [0.25, 0.3) is 0 Å². The third-order valence-corrected chi connectivity index (χ3v) is 6.26. The molecule has 2 unspecified atom stereocenters. The molecule has 4 rings (SSSR count). The van der Waals surface area contributed by atoms with Crippen LogP contribution in [-0.2, 0) is 9.53 Å². The Balaban J connectivity index is 1.44. The summed E-state index contributed by atoms with van der Waals surface area (Å²) < 4.78 is 5.40. The number of aliphatic imine (C=N–C) groups is 2. The number of carbonyl (C=O) groups excluding carboxylic acids is 1. The molecule has 6 nitrogen and oxygen atoms in total. The van der Waals surface area contributed by atoms with Crippen molar-refractivity contribution >= 4 is 29.2 Å². The Morgan fingerprint density at radius 2 is 2.20 bits per heavy atom. The Kier molecular flexibility index (Phi) is 5.33. The molecule has 0 bridgehead atoms. The average Bonchev–Trinajstić information content (AvgIpc) is 3.14. The molecule has 2 atom stereocenters. The van der Waals surface area contributed by atoms with Crippen molar-refractivity contribution in [1.29, 1.82) is 0 Å². The number of fused-ring (bicyclic) bond motifs is 1. The van der Waals surface area contributed by atoms with Crippen LogP contribution in [0.5, 0.6) is 0 Å². The number of thioether (sulfide) groups is 1. The van der Waals surface area contributed by atoms with Crippen molar-refractivity contribution < 1.29 is 9.53 Å². The van der Waals surface area contributed by atoms with Crippen LogP contribution < -0.4 is 10.6 Å². The number of ether oxygens (including phenoxy) is 1. The number of allylic oxidation sites excluding steroid dienone is 2. The summed E-state index contributed by atoms with van der Waals surface area (Å²) in [5.41, 5.74) is 1.74. The lowest BCUT2D eigenvalue weighted by molar-refractivity contribution is -0.121. The van der Waals surface area contributed by atoms with Gasteiger partial charge in [0.15, 0.2) is 0 Å². The van der Waals surface area contributed by atoms with Gasteiger partial charge in [0.1, 0.15) is 5.84 Å². The zero-order valence-electron chi connectivity index (χ0n) is 14.2. The fraction of sp³-hybridized carbons (Fsp3) is 0.611. The quantitative estimate of drug-likeness (QED) is 0.792. The maximum atomic E-state index is 12.4. The van der Waals surface area contributed by atoms with Crippen LogP contribution in [0.1, 0.15) is 19.3 Å². The fourth-order valence-corrected chi connectivity index (χ4v) is 4.51. The lowest BCUT2D eigenvalue weighted by atomic mass is 9.96. The first-order chi connectivity index (χ1) is 12.3. The highest BCUT2D eigenvalue weighted by Crippen LogP contribution is 2.26. The highest BCUT2D eigenvalue weighted by molar-refractivity contribution is 8.00. The number of nitrogens with one attached hydrogen (secondary N) is 2. The first-order valence-electron chi connectivity index (χ1n) is 9.04. The standard InChI is InChI=1S/C18H24N4O2S/c23-18-15-2-1-12(20-13-3-6-19-10-13)9-16(15)21-17(22-18)11-25-14-4-7-24-8-5-14/h1-2,9,13-15,19H,3-8,10-11H2,(H,21,22,23). The summed E-state index contributed by atoms with van der Waals surface area (Å²) in [6.45, 7) is 3.63. The van der Waals surface area contributed by atoms with E-state index in [9.17, 15) is 4.79 Å². The van der Waals surface area contributed by atoms with Gasteiger partial charge in [0.05, 0.1) is 29.1 Å². The maximum Gasteiger partial charge on any atom is 0.238 e. The van der Waals surface area contributed by atoms with Crippen LogP contribution in [0.3, 0.4) is 0 Å². The van der Waals surface area contributed by atoms with Gasteiger partial charge in [-0.25, -0.2) is 4.99 Å². The van der Waals surface area contributed by atoms with Gasteiger partial charge in [0, 0.05) is 25.0 Å². The van der Waals surface area contributed by atoms with Crippen LogP contribution in [0.2, 0.25) is 0 Å². The number of nitrogens with zero attached hydrogens (tertiary/aromatic N) is 2. The number of amides is 1. The second-order valence-corrected chi connectivity index (χ2v) is 8.07. The molecule has 0 saturated carbocycles. The molecule has 0 aromatic heterocycles. The Morgan fingerprint density at radius 3 is 3.00 bits per heavy atom. The third-order valence-electron chi connectivity index (χ3n) is 4.88. The van der Waals surface area contributed by atoms with E-state index in [1.54, 1.807) is 0 Å². The van der Waals surface area contributed by atoms with Crippen LogP contribution >= 0.6 is 11.8 Å². The summed E-state index contributed by atoms with van der Waals surface area (Å²) in [5, 5.41) is 6.88. The van der Waals surface area contributed by atoms with Crippen molar-refractivity contribution in [2.24, 2.45) is 15.9 Å². The zero-order chi connectivity index (χ0) is 17.1. The van der Waals surface area contributed by atoms with Crippen molar-refractivity contribution in [3.63, 3.8) is 0 Å². The average molecular weight is 360 g/mol. The molecule has 0 aromatic carbocycles. The highest BCUT2D eigenvalue weighted by atomic mass is 32.2. The molecule has 1 amide bonds. The topological polar surface area (TPSA) is 75.1 Å². The minimum absolute atomic E-state index is 0.0154. The van der Waals surface area contributed by atoms with Crippen molar-refractivity contribution in [2.75, 3.05) is 32.1 Å². The van der Waals surface area contributed by atoms with Crippen LogP contribution in [0, 0.1) is 5.92 Å². The highest BCUT2D eigenvalue weighted by Gasteiger charge is 2.29. The molecule has 0 aromatic rings. The Bertz CT molecular complexity index is 643. The second-order valence-electron chi connectivity index (χ2n) is 6.78. The zero-order valence-corrected chi connectivity index (χ0v) is 15.1. The third kappa shape index (κ3) is 4.22. The predicted octanol–water partition coefficient (Wildman–Crippen LogP) is 1.30. The molecule has 0 spiro atoms. The Morgan fingerprint density at radius 1 is 1.32 bits per heavy atom. The minimum Gasteiger partial charge on any atom is -0.381 e. The number of amidine groups is 1. The molecule has 134 valence electrons. The second kappa shape index (κ2) is 7.85. The number of carbonyl (C=O) groups is 1. The van der Waals surface area contributed by atoms with Gasteiger partial charge in [-0.2, -0.15) is 11.8 Å². The monoisotopic (exact) mass is 360 g/mol. The van der Waals surface area contributed by atoms with E-state index in [4.69, 9.17) is 14.7 Å². The minimum atomic E-state index is -0.280. The SMILES string of the molecule is O=C1NC(CSC2CCOCC2)=NC2=CC(=NC3CCNC3)C=CC12. The summed E-state index contributed by atoms with van der Waals surface area (Å²) in [7, 11) is 0. The van der Waals surface area contributed by atoms with Crippen molar-refractivity contribution in [2.45, 2.75) is 30.6 Å². The smallest absolute Gasteiger partial charge is 0.238 e. The van der Waals surface area contributed by atoms with Gasteiger partial charge in [-0.3, -0.25) is 9.79 Å². The summed E-state index contributed by atoms with van der Waals surface area (Å²) >= 11 is 1.86. The molecule has 0 radical (unpaired) electrons. The van der Waals surface area contributed by atoms with E-state index >= 15 is 0 Å². The van der Waals surface area contributed by atoms with E-state index in [0.717, 1.165) is 68.6 Å². The van der Waals surface area contributed by atoms with Gasteiger partial charge in [-0.1, -0.05) is 6.08 Å². The molecule has 25 heavy (non-hydrogen) atoms. The van der Waals surface area contributed by atoms with E-state index < -0.39 is 0 Å². The number of hydrogen-bond acceptors (Lipinski definition) is 6. The fourth-order valence-electron chi connectivity index (χ4n) is 3.46. The van der Waals surface area contributed by atoms with Crippen molar-refractivity contribution in [3.8, 4) is 0 Å². The number of hydrogen-bond donors (Lipinski definition) is 2. The van der Waals surface area contributed by atoms with Gasteiger partial charge in [0.2, 0.25) is 5.91 Å². The summed E-state index contributed by atoms with van der Waals surface area (Å²) in [6.07, 6.45) is 9.06. The summed E-state index contributed by atoms with van der Waals surface area (Å²) in [5.74, 6) is 1.24. The molecule has 2 fully saturated rings. The normalized spacial score (nSPS) is 31.5. The Labute approximate surface area is 152 Å². The van der Waals surface area contributed by atoms with Gasteiger partial charge in [-0.05, 0) is 38.0 Å². The van der Waals surface area contributed by atoms with Crippen molar-refractivity contribution in [1.82, 2.24) is 10.6 Å². The first kappa shape index (κ1) is 17.0. The predicted molar refractivity (Wildman–Crippen MR) is 101 cm³/mol. The van der Waals surface area contributed by atoms with Crippen LogP contribution in [-0.4, -0.2) is 60.8 Å². The molecular weight excluding hydrogens is 336 g/mol. The van der Waals surface area contributed by atoms with Gasteiger partial charge < -0.3 is 15.4 Å². The van der Waals surface area contributed by atoms with E-state index in [1.807, 2.05) is 30.0 Å². The van der Waals surface area contributed by atoms with Gasteiger partial charge >= 0.3 is 0 Å². The lowest BCUT2D eigenvalue weighted by Crippen LogP contribution is -2.42. The van der Waals surface area contributed by atoms with E-state index in [1.165, 1.54) is 0 Å². The number of rotatable bonds is 4. The Hall–Kier alpha value is -1.44. The van der Waals surface area contributed by atoms with Crippen LogP contribution in [0.4, 0.5) is 0 Å². The lowest BCUT2D eigenvalue weighted by Gasteiger charge is -2.26. The van der Waals surface area contributed by atoms with Gasteiger partial charge in [-0.15, -0.1) is 0 Å². The summed E-state index contributed by atoms with van der Waals surface area (Å²) in [4.78, 5) is 21.9. The molecule has 2 N–H and O–H groups in total. The van der Waals surface area contributed by atoms with E-state index in [0.29, 0.717) is 11.3 Å². The molecule has 7 heteroatoms. The van der Waals surface area contributed by atoms with Crippen LogP contribution in [0.15, 0.2) is 33.9 Å². The molecule has 3 heterocycles. The largest absolute Gasteiger partial charge is 0.381 e.